The van der Waals surface area contributed by atoms with E-state index in [1.54, 1.807) is 0 Å². The van der Waals surface area contributed by atoms with Gasteiger partial charge < -0.3 is 15.6 Å². The monoisotopic (exact) mass is 250 g/mol. The molecule has 0 atom stereocenters. The summed E-state index contributed by atoms with van der Waals surface area (Å²) < 4.78 is 6.09. The highest BCUT2D eigenvalue weighted by Crippen LogP contribution is 2.21. The molecule has 2 heterocycles. The maximum atomic E-state index is 11.3. The van der Waals surface area contributed by atoms with Crippen molar-refractivity contribution in [2.45, 2.75) is 6.54 Å². The fourth-order valence-electron chi connectivity index (χ4n) is 1.60. The molecule has 0 unspecified atom stereocenters. The van der Waals surface area contributed by atoms with Gasteiger partial charge in [0.05, 0.1) is 18.8 Å². The van der Waals surface area contributed by atoms with Crippen molar-refractivity contribution in [3.8, 4) is 5.88 Å². The number of primary amides is 1. The molecule has 0 saturated carbocycles. The minimum Gasteiger partial charge on any atom is -0.481 e. The second kappa shape index (κ2) is 4.32. The minimum absolute atomic E-state index is 0.00745. The molecule has 0 aliphatic carbocycles. The number of carbonyl (C=O) groups is 2. The zero-order chi connectivity index (χ0) is 13.3. The zero-order valence-electron chi connectivity index (χ0n) is 9.45. The first kappa shape index (κ1) is 11.8. The number of carboxylic acid groups (broad SMARTS) is 1. The van der Waals surface area contributed by atoms with Crippen molar-refractivity contribution in [3.63, 3.8) is 0 Å². The number of rotatable bonds is 4. The van der Waals surface area contributed by atoms with Crippen LogP contribution >= 0.6 is 0 Å². The number of hydrogen-bond acceptors (Lipinski definition) is 5. The Morgan fingerprint density at radius 1 is 1.56 bits per heavy atom. The molecule has 2 aromatic rings. The number of fused-ring (bicyclic) bond motifs is 1. The molecule has 2 rings (SSSR count). The van der Waals surface area contributed by atoms with Crippen LogP contribution in [0.25, 0.3) is 10.9 Å². The second-order valence-electron chi connectivity index (χ2n) is 3.51. The Morgan fingerprint density at radius 3 is 2.83 bits per heavy atom. The number of aromatic nitrogens is 3. The Balaban J connectivity index is 2.67. The van der Waals surface area contributed by atoms with Gasteiger partial charge in [-0.1, -0.05) is 0 Å². The van der Waals surface area contributed by atoms with Gasteiger partial charge in [-0.2, -0.15) is 5.10 Å². The molecule has 0 bridgehead atoms. The van der Waals surface area contributed by atoms with E-state index in [9.17, 15) is 9.59 Å². The van der Waals surface area contributed by atoms with Crippen molar-refractivity contribution < 1.29 is 19.4 Å². The molecule has 8 heteroatoms. The maximum absolute atomic E-state index is 11.3. The molecule has 18 heavy (non-hydrogen) atoms. The Bertz CT molecular complexity index is 634. The van der Waals surface area contributed by atoms with Crippen LogP contribution in [0.15, 0.2) is 12.3 Å². The van der Waals surface area contributed by atoms with Crippen LogP contribution in [0, 0.1) is 0 Å². The lowest BCUT2D eigenvalue weighted by molar-refractivity contribution is -0.137. The lowest BCUT2D eigenvalue weighted by Gasteiger charge is -2.00. The number of amides is 1. The van der Waals surface area contributed by atoms with Crippen molar-refractivity contribution in [3.05, 3.63) is 18.0 Å². The van der Waals surface area contributed by atoms with Crippen molar-refractivity contribution in [2.75, 3.05) is 7.11 Å². The first-order chi connectivity index (χ1) is 8.52. The first-order valence-electron chi connectivity index (χ1n) is 4.95. The van der Waals surface area contributed by atoms with Crippen molar-refractivity contribution in [1.82, 2.24) is 14.8 Å². The van der Waals surface area contributed by atoms with Gasteiger partial charge in [-0.25, -0.2) is 4.98 Å². The topological polar surface area (TPSA) is 120 Å². The molecule has 0 spiro atoms. The van der Waals surface area contributed by atoms with Gasteiger partial charge in [0.25, 0.3) is 5.91 Å². The molecule has 2 aromatic heterocycles. The van der Waals surface area contributed by atoms with Gasteiger partial charge in [0.2, 0.25) is 5.88 Å². The quantitative estimate of drug-likeness (QED) is 0.763. The van der Waals surface area contributed by atoms with E-state index in [4.69, 9.17) is 15.6 Å². The standard InChI is InChI=1S/C10H10N4O4/c1-18-7-2-5-6(3-12-7)14(4-8(15)16)13-9(5)10(11)17/h2-3H,4H2,1H3,(H2,11,17)(H,15,16). The molecular formula is C10H10N4O4. The second-order valence-corrected chi connectivity index (χ2v) is 3.51. The lowest BCUT2D eigenvalue weighted by atomic mass is 10.2. The van der Waals surface area contributed by atoms with Crippen LogP contribution in [0.5, 0.6) is 5.88 Å². The van der Waals surface area contributed by atoms with Crippen LogP contribution in [0.3, 0.4) is 0 Å². The number of nitrogens with two attached hydrogens (primary N) is 1. The van der Waals surface area contributed by atoms with Crippen molar-refractivity contribution >= 4 is 22.8 Å². The number of methoxy groups -OCH3 is 1. The molecule has 0 aliphatic rings. The number of carbonyl (C=O) groups excluding carboxylic acids is 1. The highest BCUT2D eigenvalue weighted by molar-refractivity contribution is 6.04. The van der Waals surface area contributed by atoms with Gasteiger partial charge in [0, 0.05) is 11.5 Å². The molecule has 1 amide bonds. The van der Waals surface area contributed by atoms with Crippen molar-refractivity contribution in [2.24, 2.45) is 5.73 Å². The smallest absolute Gasteiger partial charge is 0.325 e. The number of ether oxygens (including phenoxy) is 1. The fraction of sp³-hybridized carbons (Fsp3) is 0.200. The molecular weight excluding hydrogens is 240 g/mol. The molecule has 0 aliphatic heterocycles. The summed E-state index contributed by atoms with van der Waals surface area (Å²) in [5.41, 5.74) is 5.59. The normalized spacial score (nSPS) is 10.5. The molecule has 0 saturated heterocycles. The van der Waals surface area contributed by atoms with E-state index >= 15 is 0 Å². The summed E-state index contributed by atoms with van der Waals surface area (Å²) in [6.45, 7) is -0.377. The van der Waals surface area contributed by atoms with E-state index in [2.05, 4.69) is 10.1 Å². The molecule has 0 fully saturated rings. The maximum Gasteiger partial charge on any atom is 0.325 e. The van der Waals surface area contributed by atoms with E-state index in [1.807, 2.05) is 0 Å². The third-order valence-electron chi connectivity index (χ3n) is 2.34. The number of aliphatic carboxylic acids is 1. The van der Waals surface area contributed by atoms with Gasteiger partial charge in [-0.05, 0) is 0 Å². The summed E-state index contributed by atoms with van der Waals surface area (Å²) in [6.07, 6.45) is 1.39. The van der Waals surface area contributed by atoms with E-state index < -0.39 is 11.9 Å². The highest BCUT2D eigenvalue weighted by Gasteiger charge is 2.17. The Kier molecular flexibility index (Phi) is 2.84. The van der Waals surface area contributed by atoms with Crippen LogP contribution < -0.4 is 10.5 Å². The summed E-state index contributed by atoms with van der Waals surface area (Å²) >= 11 is 0. The summed E-state index contributed by atoms with van der Waals surface area (Å²) in [5, 5.41) is 13.0. The number of hydrogen-bond donors (Lipinski definition) is 2. The third-order valence-corrected chi connectivity index (χ3v) is 2.34. The van der Waals surface area contributed by atoms with Crippen LogP contribution in [0.4, 0.5) is 0 Å². The van der Waals surface area contributed by atoms with Gasteiger partial charge in [0.15, 0.2) is 5.69 Å². The average Bonchev–Trinajstić information content (AvgIpc) is 2.66. The minimum atomic E-state index is -1.08. The SMILES string of the molecule is COc1cc2c(C(N)=O)nn(CC(=O)O)c2cn1. The van der Waals surface area contributed by atoms with Gasteiger partial charge >= 0.3 is 5.97 Å². The van der Waals surface area contributed by atoms with Crippen LogP contribution in [-0.2, 0) is 11.3 Å². The van der Waals surface area contributed by atoms with Crippen LogP contribution in [0.2, 0.25) is 0 Å². The van der Waals surface area contributed by atoms with Crippen molar-refractivity contribution in [1.29, 1.82) is 0 Å². The zero-order valence-corrected chi connectivity index (χ0v) is 9.45. The number of nitrogens with zero attached hydrogens (tertiary/aromatic N) is 3. The fourth-order valence-corrected chi connectivity index (χ4v) is 1.60. The molecule has 3 N–H and O–H groups in total. The van der Waals surface area contributed by atoms with Gasteiger partial charge in [0.1, 0.15) is 6.54 Å². The lowest BCUT2D eigenvalue weighted by Crippen LogP contribution is -2.14. The Hall–Kier alpha value is -2.64. The number of carboxylic acids is 1. The van der Waals surface area contributed by atoms with E-state index in [1.165, 1.54) is 19.4 Å². The van der Waals surface area contributed by atoms with E-state index in [-0.39, 0.29) is 12.2 Å². The number of pyridine rings is 1. The van der Waals surface area contributed by atoms with E-state index in [0.29, 0.717) is 16.8 Å². The van der Waals surface area contributed by atoms with Gasteiger partial charge in [-0.3, -0.25) is 14.3 Å². The summed E-state index contributed by atoms with van der Waals surface area (Å²) in [6, 6.07) is 1.49. The van der Waals surface area contributed by atoms with Crippen LogP contribution in [-0.4, -0.2) is 38.9 Å². The predicted molar refractivity (Wildman–Crippen MR) is 60.2 cm³/mol. The third kappa shape index (κ3) is 1.95. The predicted octanol–water partition coefficient (Wildman–Crippen LogP) is -0.377. The molecule has 0 radical (unpaired) electrons. The molecule has 94 valence electrons. The first-order valence-corrected chi connectivity index (χ1v) is 4.95. The summed E-state index contributed by atoms with van der Waals surface area (Å²) in [5.74, 6) is -1.52. The van der Waals surface area contributed by atoms with Crippen LogP contribution in [0.1, 0.15) is 10.5 Å². The molecule has 0 aromatic carbocycles. The summed E-state index contributed by atoms with van der Waals surface area (Å²) in [4.78, 5) is 25.9. The largest absolute Gasteiger partial charge is 0.481 e. The Morgan fingerprint density at radius 2 is 2.28 bits per heavy atom. The average molecular weight is 250 g/mol. The molecule has 8 nitrogen and oxygen atoms in total. The van der Waals surface area contributed by atoms with E-state index in [0.717, 1.165) is 4.68 Å². The highest BCUT2D eigenvalue weighted by atomic mass is 16.5. The van der Waals surface area contributed by atoms with Gasteiger partial charge in [-0.15, -0.1) is 0 Å². The summed E-state index contributed by atoms with van der Waals surface area (Å²) in [7, 11) is 1.43. The Labute approximate surface area is 101 Å².